The number of halogens is 2. The molecule has 202 valence electrons. The standard InChI is InChI=1S/C11H13NO3.C8H9NO2.C2H2BrClO.CH2O3.CH4.2K.H/c1-2-11(13)12-8-3-4-9-10(7-8)15-6-5-14-9;9-6-1-2-7-8(5-6)11-4-3-10-7;3-1-2(4)5;2-1-4-3;;;;/h3-4,7H,2,5-6H2,1H3,(H,12,13);1-2,5H,3-4,9H2;1H2;1,3H;1H4;;;/q;;;;;2*+1;-1/p-1. The minimum absolute atomic E-state index is 0. The summed E-state index contributed by atoms with van der Waals surface area (Å²) in [5.74, 6) is 2.94. The second kappa shape index (κ2) is 26.0. The van der Waals surface area contributed by atoms with E-state index in [-0.39, 0.29) is 135 Å². The van der Waals surface area contributed by atoms with Crippen LogP contribution in [0.2, 0.25) is 0 Å². The second-order valence-corrected chi connectivity index (χ2v) is 7.33. The van der Waals surface area contributed by atoms with Gasteiger partial charge in [0.2, 0.25) is 11.1 Å². The summed E-state index contributed by atoms with van der Waals surface area (Å²) in [6, 6.07) is 10.8. The molecule has 1 amide bonds. The number of carbonyl (C=O) groups is 3. The number of benzene rings is 2. The molecule has 38 heavy (non-hydrogen) atoms. The summed E-state index contributed by atoms with van der Waals surface area (Å²) in [4.78, 5) is 31.9. The quantitative estimate of drug-likeness (QED) is 0.0661. The summed E-state index contributed by atoms with van der Waals surface area (Å²) in [5, 5.41) is 11.1. The predicted octanol–water partition coefficient (Wildman–Crippen LogP) is -2.82. The van der Waals surface area contributed by atoms with Gasteiger partial charge in [-0.2, -0.15) is 0 Å². The van der Waals surface area contributed by atoms with Crippen molar-refractivity contribution in [3.63, 3.8) is 0 Å². The molecule has 2 aromatic rings. The van der Waals surface area contributed by atoms with E-state index < -0.39 is 0 Å². The third-order valence-corrected chi connectivity index (χ3v) is 4.82. The number of fused-ring (bicyclic) bond motifs is 2. The number of alkyl halides is 1. The van der Waals surface area contributed by atoms with E-state index in [1.165, 1.54) is 0 Å². The Hall–Kier alpha value is 0.0527. The van der Waals surface area contributed by atoms with Crippen LogP contribution in [0, 0.1) is 0 Å². The third kappa shape index (κ3) is 18.4. The van der Waals surface area contributed by atoms with Gasteiger partial charge in [-0.05, 0) is 35.9 Å². The van der Waals surface area contributed by atoms with Crippen molar-refractivity contribution < 1.29 is 148 Å². The first-order chi connectivity index (χ1) is 16.8. The van der Waals surface area contributed by atoms with Crippen LogP contribution in [-0.2, 0) is 19.3 Å². The van der Waals surface area contributed by atoms with Crippen LogP contribution in [0.1, 0.15) is 22.2 Å². The minimum Gasteiger partial charge on any atom is -1.00 e. The average molecular weight is 672 g/mol. The molecule has 3 N–H and O–H groups in total. The van der Waals surface area contributed by atoms with Crippen molar-refractivity contribution in [1.82, 2.24) is 0 Å². The van der Waals surface area contributed by atoms with Gasteiger partial charge < -0.3 is 41.6 Å². The number of nitrogens with one attached hydrogen (secondary N) is 1. The van der Waals surface area contributed by atoms with Crippen molar-refractivity contribution in [3.8, 4) is 23.0 Å². The van der Waals surface area contributed by atoms with Gasteiger partial charge in [-0.15, -0.1) is 0 Å². The number of nitrogens with two attached hydrogens (primary N) is 1. The Morgan fingerprint density at radius 2 is 1.45 bits per heavy atom. The van der Waals surface area contributed by atoms with Crippen LogP contribution >= 0.6 is 27.5 Å². The van der Waals surface area contributed by atoms with Gasteiger partial charge in [0.15, 0.2) is 23.0 Å². The Bertz CT molecular complexity index is 981. The van der Waals surface area contributed by atoms with E-state index in [9.17, 15) is 9.59 Å². The Morgan fingerprint density at radius 3 is 1.87 bits per heavy atom. The molecule has 0 unspecified atom stereocenters. The first-order valence-electron chi connectivity index (χ1n) is 10.2. The monoisotopic (exact) mass is 670 g/mol. The molecular formula is C23H30BrClK2N2O9. The number of ether oxygens (including phenoxy) is 4. The molecule has 0 radical (unpaired) electrons. The van der Waals surface area contributed by atoms with Crippen molar-refractivity contribution in [2.24, 2.45) is 0 Å². The first-order valence-corrected chi connectivity index (χ1v) is 11.7. The number of nitrogen functional groups attached to an aromatic ring is 1. The molecule has 0 aromatic heterocycles. The molecule has 15 heteroatoms. The second-order valence-electron chi connectivity index (χ2n) is 6.34. The molecule has 0 saturated heterocycles. The average Bonchev–Trinajstić information content (AvgIpc) is 2.89. The Balaban J connectivity index is -0.000000227. The molecule has 2 aliphatic heterocycles. The van der Waals surface area contributed by atoms with Crippen LogP contribution in [0.5, 0.6) is 23.0 Å². The largest absolute Gasteiger partial charge is 1.00 e. The maximum Gasteiger partial charge on any atom is 1.00 e. The smallest absolute Gasteiger partial charge is 1.00 e. The minimum atomic E-state index is -0.356. The topological polar surface area (TPSA) is 158 Å². The third-order valence-electron chi connectivity index (χ3n) is 3.86. The summed E-state index contributed by atoms with van der Waals surface area (Å²) in [6.45, 7) is 3.99. The van der Waals surface area contributed by atoms with E-state index in [1.807, 2.05) is 13.0 Å². The van der Waals surface area contributed by atoms with Crippen LogP contribution in [0.4, 0.5) is 11.4 Å². The summed E-state index contributed by atoms with van der Waals surface area (Å²) in [7, 11) is 0. The molecule has 0 saturated carbocycles. The van der Waals surface area contributed by atoms with Crippen LogP contribution in [0.25, 0.3) is 0 Å². The summed E-state index contributed by atoms with van der Waals surface area (Å²) < 4.78 is 21.4. The van der Waals surface area contributed by atoms with Crippen molar-refractivity contribution >= 4 is 56.5 Å². The van der Waals surface area contributed by atoms with Gasteiger partial charge in [0.25, 0.3) is 6.47 Å². The number of rotatable bonds is 4. The van der Waals surface area contributed by atoms with Crippen molar-refractivity contribution in [3.05, 3.63) is 36.4 Å². The normalized spacial score (nSPS) is 11.1. The predicted molar refractivity (Wildman–Crippen MR) is 138 cm³/mol. The van der Waals surface area contributed by atoms with Crippen LogP contribution in [-0.4, -0.2) is 49.4 Å². The van der Waals surface area contributed by atoms with Crippen LogP contribution in [0.3, 0.4) is 0 Å². The van der Waals surface area contributed by atoms with Gasteiger partial charge in [0.1, 0.15) is 26.4 Å². The molecule has 0 atom stereocenters. The van der Waals surface area contributed by atoms with Gasteiger partial charge in [-0.3, -0.25) is 14.4 Å². The number of hydrogen-bond donors (Lipinski definition) is 2. The Kier molecular flexibility index (Phi) is 29.1. The molecule has 0 bridgehead atoms. The van der Waals surface area contributed by atoms with Crippen molar-refractivity contribution in [2.75, 3.05) is 42.8 Å². The van der Waals surface area contributed by atoms with E-state index in [4.69, 9.17) is 46.3 Å². The molecular weight excluding hydrogens is 642 g/mol. The number of anilines is 2. The zero-order valence-corrected chi connectivity index (χ0v) is 29.4. The van der Waals surface area contributed by atoms with E-state index in [1.54, 1.807) is 30.3 Å². The van der Waals surface area contributed by atoms with E-state index in [0.29, 0.717) is 44.3 Å². The van der Waals surface area contributed by atoms with E-state index in [0.717, 1.165) is 22.9 Å². The fourth-order valence-corrected chi connectivity index (χ4v) is 2.43. The zero-order chi connectivity index (χ0) is 26.1. The SMILES string of the molecule is C.CCC(=O)Nc1ccc2c(c1)OCCO2.Nc1ccc2c(c1)OCCO2.O=C(Cl)CBr.O=CO[O-].[H-].[K+].[K+]. The Morgan fingerprint density at radius 1 is 1.03 bits per heavy atom. The molecule has 0 fully saturated rings. The van der Waals surface area contributed by atoms with Gasteiger partial charge in [-0.1, -0.05) is 30.3 Å². The Labute approximate surface area is 322 Å². The molecule has 4 rings (SSSR count). The zero-order valence-electron chi connectivity index (χ0n) is 21.8. The summed E-state index contributed by atoms with van der Waals surface area (Å²) in [5.41, 5.74) is 6.99. The number of hydrogen-bond acceptors (Lipinski definition) is 10. The number of carbonyl (C=O) groups excluding carboxylic acids is 3. The maximum absolute atomic E-state index is 11.2. The van der Waals surface area contributed by atoms with Gasteiger partial charge >= 0.3 is 103 Å². The summed E-state index contributed by atoms with van der Waals surface area (Å²) in [6.07, 6.45) is 0.467. The van der Waals surface area contributed by atoms with E-state index in [2.05, 4.69) is 26.1 Å². The van der Waals surface area contributed by atoms with Crippen LogP contribution in [0.15, 0.2) is 36.4 Å². The van der Waals surface area contributed by atoms with Crippen LogP contribution < -0.4 is 138 Å². The van der Waals surface area contributed by atoms with E-state index >= 15 is 0 Å². The molecule has 0 spiro atoms. The van der Waals surface area contributed by atoms with Gasteiger partial charge in [0.05, 0.1) is 5.33 Å². The fourth-order valence-electron chi connectivity index (χ4n) is 2.43. The first kappa shape index (κ1) is 42.5. The van der Waals surface area contributed by atoms with Crippen molar-refractivity contribution in [2.45, 2.75) is 20.8 Å². The fraction of sp³-hybridized carbons (Fsp3) is 0.348. The number of amides is 1. The maximum atomic E-state index is 11.2. The molecule has 2 heterocycles. The van der Waals surface area contributed by atoms with Crippen molar-refractivity contribution in [1.29, 1.82) is 0 Å². The van der Waals surface area contributed by atoms with Gasteiger partial charge in [-0.25, -0.2) is 0 Å². The summed E-state index contributed by atoms with van der Waals surface area (Å²) >= 11 is 7.61. The molecule has 0 aliphatic carbocycles. The van der Waals surface area contributed by atoms with Gasteiger partial charge in [0, 0.05) is 29.9 Å². The molecule has 11 nitrogen and oxygen atoms in total. The molecule has 2 aromatic carbocycles. The molecule has 2 aliphatic rings.